The minimum absolute atomic E-state index is 0.242. The largest absolute Gasteiger partial charge is 0.508 e. The molecule has 0 amide bonds. The predicted molar refractivity (Wildman–Crippen MR) is 92.2 cm³/mol. The molecule has 0 bridgehead atoms. The maximum Gasteiger partial charge on any atom is 0.121 e. The molecule has 3 rings (SSSR count). The van der Waals surface area contributed by atoms with E-state index >= 15 is 0 Å². The number of phenols is 1. The molecule has 2 aromatic rings. The van der Waals surface area contributed by atoms with Crippen molar-refractivity contribution in [3.8, 4) is 5.75 Å². The first-order valence-electron chi connectivity index (χ1n) is 8.07. The quantitative estimate of drug-likeness (QED) is 0.830. The van der Waals surface area contributed by atoms with Crippen LogP contribution in [0, 0.1) is 0 Å². The number of rotatable bonds is 5. The van der Waals surface area contributed by atoms with Crippen LogP contribution in [0.5, 0.6) is 5.75 Å². The number of nitrogens with one attached hydrogen (secondary N) is 1. The van der Waals surface area contributed by atoms with Crippen molar-refractivity contribution in [2.75, 3.05) is 26.2 Å². The third-order valence-corrected chi connectivity index (χ3v) is 4.52. The van der Waals surface area contributed by atoms with Gasteiger partial charge in [0, 0.05) is 37.8 Å². The van der Waals surface area contributed by atoms with Crippen LogP contribution in [-0.2, 0) is 0 Å². The van der Waals surface area contributed by atoms with E-state index in [0.717, 1.165) is 50.0 Å². The van der Waals surface area contributed by atoms with E-state index in [1.165, 1.54) is 5.39 Å². The number of nitrogens with zero attached hydrogens (tertiary/aromatic N) is 1. The first-order chi connectivity index (χ1) is 10.8. The molecular formula is C19H24N2O. The van der Waals surface area contributed by atoms with Gasteiger partial charge in [0.2, 0.25) is 0 Å². The minimum atomic E-state index is 0.242. The summed E-state index contributed by atoms with van der Waals surface area (Å²) in [6, 6.07) is 12.4. The van der Waals surface area contributed by atoms with Gasteiger partial charge in [-0.15, -0.1) is 6.58 Å². The Labute approximate surface area is 132 Å². The lowest BCUT2D eigenvalue weighted by atomic mass is 9.93. The molecule has 1 aliphatic heterocycles. The average Bonchev–Trinajstić information content (AvgIpc) is 2.58. The fourth-order valence-corrected chi connectivity index (χ4v) is 3.41. The molecule has 3 nitrogen and oxygen atoms in total. The van der Waals surface area contributed by atoms with E-state index in [9.17, 15) is 5.11 Å². The highest BCUT2D eigenvalue weighted by Crippen LogP contribution is 2.37. The number of piperazine rings is 1. The summed E-state index contributed by atoms with van der Waals surface area (Å²) in [4.78, 5) is 2.49. The van der Waals surface area contributed by atoms with Crippen molar-refractivity contribution in [1.82, 2.24) is 10.2 Å². The third kappa shape index (κ3) is 3.01. The van der Waals surface area contributed by atoms with Crippen LogP contribution in [0.3, 0.4) is 0 Å². The van der Waals surface area contributed by atoms with Gasteiger partial charge >= 0.3 is 0 Å². The van der Waals surface area contributed by atoms with Crippen LogP contribution in [0.2, 0.25) is 0 Å². The molecule has 1 heterocycles. The lowest BCUT2D eigenvalue weighted by Crippen LogP contribution is -2.45. The van der Waals surface area contributed by atoms with Crippen molar-refractivity contribution < 1.29 is 5.11 Å². The molecule has 0 aliphatic carbocycles. The number of allylic oxidation sites excluding steroid dienone is 1. The average molecular weight is 296 g/mol. The molecule has 2 N–H and O–H groups in total. The Kier molecular flexibility index (Phi) is 4.76. The number of fused-ring (bicyclic) bond motifs is 1. The molecule has 3 heteroatoms. The maximum absolute atomic E-state index is 10.5. The van der Waals surface area contributed by atoms with E-state index in [1.54, 1.807) is 0 Å². The number of phenolic OH excluding ortho intramolecular Hbond substituents is 1. The molecule has 1 fully saturated rings. The fourth-order valence-electron chi connectivity index (χ4n) is 3.41. The van der Waals surface area contributed by atoms with Crippen molar-refractivity contribution >= 4 is 10.8 Å². The molecule has 0 radical (unpaired) electrons. The van der Waals surface area contributed by atoms with Crippen LogP contribution in [0.4, 0.5) is 0 Å². The van der Waals surface area contributed by atoms with Crippen LogP contribution >= 0.6 is 0 Å². The van der Waals surface area contributed by atoms with E-state index in [-0.39, 0.29) is 6.04 Å². The normalized spacial score (nSPS) is 17.5. The van der Waals surface area contributed by atoms with Gasteiger partial charge in [0.05, 0.1) is 0 Å². The van der Waals surface area contributed by atoms with Gasteiger partial charge in [-0.05, 0) is 29.7 Å². The highest BCUT2D eigenvalue weighted by atomic mass is 16.3. The highest BCUT2D eigenvalue weighted by Gasteiger charge is 2.25. The van der Waals surface area contributed by atoms with E-state index in [1.807, 2.05) is 30.3 Å². The van der Waals surface area contributed by atoms with Gasteiger partial charge in [0.15, 0.2) is 0 Å². The summed E-state index contributed by atoms with van der Waals surface area (Å²) in [5.41, 5.74) is 1.07. The summed E-state index contributed by atoms with van der Waals surface area (Å²) < 4.78 is 0. The standard InChI is InChI=1S/C19H24N2O/c1-2-3-8-17(21-13-11-20-12-14-21)19-16-7-5-4-6-15(16)9-10-18(19)22/h2,4-7,9-10,17,20,22H,1,3,8,11-14H2/t17-/m0/s1. The molecule has 1 saturated heterocycles. The van der Waals surface area contributed by atoms with Gasteiger partial charge in [-0.25, -0.2) is 0 Å². The number of aromatic hydroxyl groups is 1. The molecule has 22 heavy (non-hydrogen) atoms. The van der Waals surface area contributed by atoms with Crippen LogP contribution in [0.1, 0.15) is 24.4 Å². The maximum atomic E-state index is 10.5. The van der Waals surface area contributed by atoms with E-state index in [2.05, 4.69) is 28.9 Å². The summed E-state index contributed by atoms with van der Waals surface area (Å²) in [6.45, 7) is 7.92. The zero-order valence-corrected chi connectivity index (χ0v) is 13.0. The van der Waals surface area contributed by atoms with Gasteiger partial charge in [-0.1, -0.05) is 36.4 Å². The summed E-state index contributed by atoms with van der Waals surface area (Å²) in [6.07, 6.45) is 3.92. The van der Waals surface area contributed by atoms with Gasteiger partial charge in [0.25, 0.3) is 0 Å². The zero-order chi connectivity index (χ0) is 15.4. The van der Waals surface area contributed by atoms with Crippen molar-refractivity contribution in [2.45, 2.75) is 18.9 Å². The van der Waals surface area contributed by atoms with Crippen LogP contribution in [0.25, 0.3) is 10.8 Å². The van der Waals surface area contributed by atoms with Crippen LogP contribution in [0.15, 0.2) is 49.1 Å². The van der Waals surface area contributed by atoms with Crippen molar-refractivity contribution in [3.05, 3.63) is 54.6 Å². The van der Waals surface area contributed by atoms with E-state index < -0.39 is 0 Å². The molecular weight excluding hydrogens is 272 g/mol. The topological polar surface area (TPSA) is 35.5 Å². The van der Waals surface area contributed by atoms with Crippen molar-refractivity contribution in [2.24, 2.45) is 0 Å². The summed E-state index contributed by atoms with van der Waals surface area (Å²) in [7, 11) is 0. The van der Waals surface area contributed by atoms with Gasteiger partial charge in [0.1, 0.15) is 5.75 Å². The van der Waals surface area contributed by atoms with Crippen molar-refractivity contribution in [3.63, 3.8) is 0 Å². The van der Waals surface area contributed by atoms with E-state index in [4.69, 9.17) is 0 Å². The number of benzene rings is 2. The lowest BCUT2D eigenvalue weighted by Gasteiger charge is -2.36. The monoisotopic (exact) mass is 296 g/mol. The molecule has 0 spiro atoms. The summed E-state index contributed by atoms with van der Waals surface area (Å²) in [5, 5.41) is 16.3. The molecule has 1 aliphatic rings. The molecule has 2 aromatic carbocycles. The minimum Gasteiger partial charge on any atom is -0.508 e. The first kappa shape index (κ1) is 15.1. The Morgan fingerprint density at radius 3 is 2.73 bits per heavy atom. The van der Waals surface area contributed by atoms with Crippen LogP contribution < -0.4 is 5.32 Å². The molecule has 0 unspecified atom stereocenters. The van der Waals surface area contributed by atoms with E-state index in [0.29, 0.717) is 5.75 Å². The molecule has 116 valence electrons. The second-order valence-electron chi connectivity index (χ2n) is 5.89. The Morgan fingerprint density at radius 2 is 1.95 bits per heavy atom. The number of hydrogen-bond donors (Lipinski definition) is 2. The highest BCUT2D eigenvalue weighted by molar-refractivity contribution is 5.88. The zero-order valence-electron chi connectivity index (χ0n) is 13.0. The SMILES string of the molecule is C=CCC[C@@H](c1c(O)ccc2ccccc12)N1CCNCC1. The second kappa shape index (κ2) is 6.95. The second-order valence-corrected chi connectivity index (χ2v) is 5.89. The van der Waals surface area contributed by atoms with Crippen molar-refractivity contribution in [1.29, 1.82) is 0 Å². The van der Waals surface area contributed by atoms with Crippen LogP contribution in [-0.4, -0.2) is 36.2 Å². The smallest absolute Gasteiger partial charge is 0.121 e. The Bertz CT molecular complexity index is 647. The molecule has 0 saturated carbocycles. The third-order valence-electron chi connectivity index (χ3n) is 4.52. The van der Waals surface area contributed by atoms with Gasteiger partial charge in [-0.3, -0.25) is 4.90 Å². The van der Waals surface area contributed by atoms with Gasteiger partial charge < -0.3 is 10.4 Å². The molecule has 0 aromatic heterocycles. The molecule has 1 atom stereocenters. The Balaban J connectivity index is 2.05. The summed E-state index contributed by atoms with van der Waals surface area (Å²) in [5.74, 6) is 0.409. The van der Waals surface area contributed by atoms with Gasteiger partial charge in [-0.2, -0.15) is 0 Å². The Morgan fingerprint density at radius 1 is 1.18 bits per heavy atom. The lowest BCUT2D eigenvalue weighted by molar-refractivity contribution is 0.165. The number of hydrogen-bond acceptors (Lipinski definition) is 3. The Hall–Kier alpha value is -1.84. The predicted octanol–water partition coefficient (Wildman–Crippen LogP) is 3.46. The summed E-state index contributed by atoms with van der Waals surface area (Å²) >= 11 is 0. The fraction of sp³-hybridized carbons (Fsp3) is 0.368. The first-order valence-corrected chi connectivity index (χ1v) is 8.07.